The second-order valence-corrected chi connectivity index (χ2v) is 8.92. The van der Waals surface area contributed by atoms with Gasteiger partial charge in [0.25, 0.3) is 0 Å². The third-order valence-electron chi connectivity index (χ3n) is 6.41. The Kier molecular flexibility index (Phi) is 7.21. The van der Waals surface area contributed by atoms with E-state index >= 15 is 0 Å². The molecule has 3 heterocycles. The highest BCUT2D eigenvalue weighted by Gasteiger charge is 2.26. The number of phenolic OH excluding ortho intramolecular Hbond substituents is 1. The van der Waals surface area contributed by atoms with E-state index in [2.05, 4.69) is 10.3 Å². The standard InChI is InChI=1S/C29H28N2O7/c1-36-24-12-19-13-25(29(24)35)37-20-5-2-17(3-6-20)4-9-27(33)30-11-10-18-15-31-23-8-7-21(14-22(18)23)38-26(16-32)28(19)34/h2-9,12-15,26,28,31-32,34-35H,10-11,16H2,1H3,(H,30,33)/b9-4+/t26-,28+/m0/s1. The van der Waals surface area contributed by atoms with Crippen LogP contribution in [0.4, 0.5) is 0 Å². The number of aromatic nitrogens is 1. The minimum Gasteiger partial charge on any atom is -0.502 e. The number of fused-ring (bicyclic) bond motifs is 8. The molecule has 9 heteroatoms. The van der Waals surface area contributed by atoms with Crippen molar-refractivity contribution in [1.29, 1.82) is 0 Å². The lowest BCUT2D eigenvalue weighted by Crippen LogP contribution is -2.29. The second-order valence-electron chi connectivity index (χ2n) is 8.92. The van der Waals surface area contributed by atoms with Crippen LogP contribution in [-0.2, 0) is 11.2 Å². The third kappa shape index (κ3) is 5.29. The highest BCUT2D eigenvalue weighted by atomic mass is 16.5. The number of aromatic hydroxyl groups is 1. The maximum atomic E-state index is 12.3. The van der Waals surface area contributed by atoms with Gasteiger partial charge in [-0.25, -0.2) is 0 Å². The lowest BCUT2D eigenvalue weighted by atomic mass is 10.0. The van der Waals surface area contributed by atoms with E-state index in [9.17, 15) is 20.1 Å². The molecule has 0 saturated carbocycles. The average Bonchev–Trinajstić information content (AvgIpc) is 3.33. The average molecular weight is 517 g/mol. The zero-order valence-electron chi connectivity index (χ0n) is 20.7. The van der Waals surface area contributed by atoms with Crippen molar-refractivity contribution >= 4 is 22.9 Å². The largest absolute Gasteiger partial charge is 0.502 e. The van der Waals surface area contributed by atoms with E-state index in [1.54, 1.807) is 36.4 Å². The summed E-state index contributed by atoms with van der Waals surface area (Å²) in [5, 5.41) is 35.7. The Labute approximate surface area is 218 Å². The summed E-state index contributed by atoms with van der Waals surface area (Å²) in [6, 6.07) is 15.3. The topological polar surface area (TPSA) is 133 Å². The van der Waals surface area contributed by atoms with Crippen LogP contribution in [-0.4, -0.2) is 52.6 Å². The summed E-state index contributed by atoms with van der Waals surface area (Å²) in [6.07, 6.45) is 3.36. The number of aliphatic hydroxyl groups excluding tert-OH is 2. The first-order valence-electron chi connectivity index (χ1n) is 12.2. The number of ether oxygens (including phenoxy) is 3. The van der Waals surface area contributed by atoms with E-state index < -0.39 is 18.8 Å². The molecule has 0 spiro atoms. The molecule has 0 unspecified atom stereocenters. The summed E-state index contributed by atoms with van der Waals surface area (Å²) in [7, 11) is 1.39. The van der Waals surface area contributed by atoms with Crippen molar-refractivity contribution in [3.8, 4) is 28.7 Å². The van der Waals surface area contributed by atoms with Gasteiger partial charge in [-0.2, -0.15) is 0 Å². The highest BCUT2D eigenvalue weighted by molar-refractivity contribution is 5.91. The van der Waals surface area contributed by atoms with Crippen LogP contribution < -0.4 is 19.5 Å². The number of rotatable bonds is 2. The molecule has 38 heavy (non-hydrogen) atoms. The van der Waals surface area contributed by atoms with Crippen molar-refractivity contribution in [1.82, 2.24) is 10.3 Å². The van der Waals surface area contributed by atoms with E-state index in [-0.39, 0.29) is 23.2 Å². The number of aromatic amines is 1. The number of phenols is 1. The fraction of sp³-hybridized carbons (Fsp3) is 0.207. The first-order valence-corrected chi connectivity index (χ1v) is 12.2. The lowest BCUT2D eigenvalue weighted by molar-refractivity contribution is -0.116. The minimum absolute atomic E-state index is 0.0574. The number of hydrogen-bond acceptors (Lipinski definition) is 7. The molecule has 3 aromatic carbocycles. The number of benzene rings is 3. The monoisotopic (exact) mass is 516 g/mol. The maximum absolute atomic E-state index is 12.3. The van der Waals surface area contributed by atoms with Crippen molar-refractivity contribution in [3.05, 3.63) is 83.6 Å². The number of amides is 1. The molecule has 2 atom stereocenters. The molecule has 0 radical (unpaired) electrons. The Morgan fingerprint density at radius 1 is 1.05 bits per heavy atom. The molecule has 1 amide bonds. The molecule has 0 fully saturated rings. The SMILES string of the molecule is COc1cc2cc(c1O)Oc1ccc(cc1)/C=C/C(=O)NCCc1c[nH]c3ccc(cc13)O[C@@H](CO)[C@@H]2O. The molecule has 2 aliphatic rings. The maximum Gasteiger partial charge on any atom is 0.244 e. The molecule has 6 rings (SSSR count). The zero-order chi connectivity index (χ0) is 26.6. The lowest BCUT2D eigenvalue weighted by Gasteiger charge is -2.24. The van der Waals surface area contributed by atoms with Gasteiger partial charge < -0.3 is 39.8 Å². The first kappa shape index (κ1) is 25.2. The van der Waals surface area contributed by atoms with Gasteiger partial charge in [0.05, 0.1) is 13.7 Å². The molecule has 2 aliphatic heterocycles. The van der Waals surface area contributed by atoms with Crippen molar-refractivity contribution < 1.29 is 34.3 Å². The molecule has 5 N–H and O–H groups in total. The van der Waals surface area contributed by atoms with Crippen LogP contribution in [0.5, 0.6) is 28.7 Å². The Balaban J connectivity index is 1.56. The zero-order valence-corrected chi connectivity index (χ0v) is 20.7. The molecule has 196 valence electrons. The summed E-state index contributed by atoms with van der Waals surface area (Å²) in [5.74, 6) is 0.573. The minimum atomic E-state index is -1.27. The Hall–Kier alpha value is -4.47. The van der Waals surface area contributed by atoms with Crippen LogP contribution in [0.2, 0.25) is 0 Å². The molecular formula is C29H28N2O7. The molecule has 4 aromatic rings. The number of hydrogen-bond donors (Lipinski definition) is 5. The van der Waals surface area contributed by atoms with Crippen LogP contribution in [0.25, 0.3) is 17.0 Å². The summed E-state index contributed by atoms with van der Waals surface area (Å²) in [5.41, 5.74) is 3.00. The van der Waals surface area contributed by atoms with Gasteiger partial charge >= 0.3 is 0 Å². The normalized spacial score (nSPS) is 18.8. The van der Waals surface area contributed by atoms with E-state index in [1.165, 1.54) is 25.3 Å². The van der Waals surface area contributed by atoms with Crippen LogP contribution in [0.1, 0.15) is 22.8 Å². The highest BCUT2D eigenvalue weighted by Crippen LogP contribution is 2.42. The number of H-pyrrole nitrogens is 1. The van der Waals surface area contributed by atoms with Crippen molar-refractivity contribution in [2.24, 2.45) is 0 Å². The fourth-order valence-corrected chi connectivity index (χ4v) is 4.36. The van der Waals surface area contributed by atoms with Gasteiger partial charge in [-0.05, 0) is 71.7 Å². The Morgan fingerprint density at radius 3 is 2.61 bits per heavy atom. The molecule has 9 nitrogen and oxygen atoms in total. The van der Waals surface area contributed by atoms with Crippen molar-refractivity contribution in [2.75, 3.05) is 20.3 Å². The number of aliphatic hydroxyl groups is 2. The van der Waals surface area contributed by atoms with Gasteiger partial charge in [-0.3, -0.25) is 4.79 Å². The van der Waals surface area contributed by atoms with Gasteiger partial charge in [0.1, 0.15) is 17.6 Å². The molecule has 0 aliphatic carbocycles. The van der Waals surface area contributed by atoms with Crippen molar-refractivity contribution in [2.45, 2.75) is 18.6 Å². The molecule has 1 aromatic heterocycles. The van der Waals surface area contributed by atoms with Gasteiger partial charge in [0, 0.05) is 29.7 Å². The van der Waals surface area contributed by atoms with Crippen LogP contribution in [0.15, 0.2) is 66.9 Å². The third-order valence-corrected chi connectivity index (χ3v) is 6.41. The van der Waals surface area contributed by atoms with Gasteiger partial charge in [0.15, 0.2) is 17.6 Å². The summed E-state index contributed by atoms with van der Waals surface area (Å²) in [6.45, 7) is -0.0357. The van der Waals surface area contributed by atoms with E-state index in [0.717, 1.165) is 22.0 Å². The van der Waals surface area contributed by atoms with Crippen LogP contribution >= 0.6 is 0 Å². The van der Waals surface area contributed by atoms with Gasteiger partial charge in [0.2, 0.25) is 11.7 Å². The quantitative estimate of drug-likeness (QED) is 0.273. The number of nitrogens with one attached hydrogen (secondary N) is 2. The smallest absolute Gasteiger partial charge is 0.244 e. The summed E-state index contributed by atoms with van der Waals surface area (Å²) < 4.78 is 17.2. The van der Waals surface area contributed by atoms with Gasteiger partial charge in [-0.15, -0.1) is 0 Å². The number of carbonyl (C=O) groups excluding carboxylic acids is 1. The predicted octanol–water partition coefficient (Wildman–Crippen LogP) is 3.83. The number of carbonyl (C=O) groups is 1. The molecular weight excluding hydrogens is 488 g/mol. The number of methoxy groups -OCH3 is 1. The Bertz CT molecular complexity index is 1480. The van der Waals surface area contributed by atoms with E-state index in [4.69, 9.17) is 14.2 Å². The van der Waals surface area contributed by atoms with Crippen LogP contribution in [0, 0.1) is 0 Å². The summed E-state index contributed by atoms with van der Waals surface area (Å²) >= 11 is 0. The van der Waals surface area contributed by atoms with Crippen LogP contribution in [0.3, 0.4) is 0 Å². The van der Waals surface area contributed by atoms with E-state index in [1.807, 2.05) is 18.3 Å². The molecule has 0 saturated heterocycles. The second kappa shape index (κ2) is 10.9. The van der Waals surface area contributed by atoms with E-state index in [0.29, 0.717) is 30.0 Å². The van der Waals surface area contributed by atoms with Crippen molar-refractivity contribution in [3.63, 3.8) is 0 Å². The summed E-state index contributed by atoms with van der Waals surface area (Å²) in [4.78, 5) is 15.5. The molecule has 6 bridgehead atoms. The first-order chi connectivity index (χ1) is 18.4. The Morgan fingerprint density at radius 2 is 1.84 bits per heavy atom. The fourth-order valence-electron chi connectivity index (χ4n) is 4.36. The predicted molar refractivity (Wildman–Crippen MR) is 142 cm³/mol. The van der Waals surface area contributed by atoms with Gasteiger partial charge in [-0.1, -0.05) is 12.1 Å².